The van der Waals surface area contributed by atoms with Crippen LogP contribution in [-0.2, 0) is 17.4 Å². The van der Waals surface area contributed by atoms with Crippen LogP contribution in [0.3, 0.4) is 0 Å². The Labute approximate surface area is 179 Å². The van der Waals surface area contributed by atoms with E-state index in [0.717, 1.165) is 34.9 Å². The van der Waals surface area contributed by atoms with Crippen molar-refractivity contribution in [3.63, 3.8) is 0 Å². The van der Waals surface area contributed by atoms with Crippen molar-refractivity contribution < 1.29 is 18.0 Å². The largest absolute Gasteiger partial charge is 0.417 e. The average molecular weight is 453 g/mol. The van der Waals surface area contributed by atoms with Crippen molar-refractivity contribution in [2.24, 2.45) is 0 Å². The molecule has 158 valence electrons. The monoisotopic (exact) mass is 452 g/mol. The molecule has 4 rings (SSSR count). The minimum atomic E-state index is -4.40. The standard InChI is InChI=1S/C20H19F3N4OS2/c21-20(22,23)15-2-3-17(24-11-15)26-5-1-6-27(8-7-26)18(28)10-16-13-30-19(25-16)14-4-9-29-12-14/h2-4,9,11-13H,1,5-8,10H2. The quantitative estimate of drug-likeness (QED) is 0.582. The maximum Gasteiger partial charge on any atom is 0.417 e. The molecule has 0 bridgehead atoms. The Morgan fingerprint density at radius 2 is 1.97 bits per heavy atom. The predicted molar refractivity (Wildman–Crippen MR) is 112 cm³/mol. The molecule has 1 fully saturated rings. The number of hydrogen-bond acceptors (Lipinski definition) is 6. The van der Waals surface area contributed by atoms with E-state index in [0.29, 0.717) is 32.0 Å². The summed E-state index contributed by atoms with van der Waals surface area (Å²) in [7, 11) is 0. The van der Waals surface area contributed by atoms with Gasteiger partial charge in [0, 0.05) is 48.7 Å². The Morgan fingerprint density at radius 3 is 2.67 bits per heavy atom. The topological polar surface area (TPSA) is 49.3 Å². The number of aromatic nitrogens is 2. The highest BCUT2D eigenvalue weighted by molar-refractivity contribution is 7.14. The van der Waals surface area contributed by atoms with Crippen LogP contribution in [0.5, 0.6) is 0 Å². The van der Waals surface area contributed by atoms with Crippen LogP contribution in [0.15, 0.2) is 40.5 Å². The van der Waals surface area contributed by atoms with Crippen LogP contribution < -0.4 is 4.90 Å². The fourth-order valence-electron chi connectivity index (χ4n) is 3.31. The molecule has 3 aromatic rings. The molecule has 1 saturated heterocycles. The molecule has 0 N–H and O–H groups in total. The van der Waals surface area contributed by atoms with Gasteiger partial charge in [0.05, 0.1) is 17.7 Å². The molecule has 10 heteroatoms. The number of alkyl halides is 3. The molecule has 4 heterocycles. The van der Waals surface area contributed by atoms with Crippen molar-refractivity contribution in [2.75, 3.05) is 31.1 Å². The van der Waals surface area contributed by atoms with Crippen molar-refractivity contribution in [1.29, 1.82) is 0 Å². The maximum atomic E-state index is 12.7. The lowest BCUT2D eigenvalue weighted by Crippen LogP contribution is -2.36. The van der Waals surface area contributed by atoms with Crippen LogP contribution in [-0.4, -0.2) is 47.0 Å². The molecule has 0 radical (unpaired) electrons. The molecular formula is C20H19F3N4OS2. The predicted octanol–water partition coefficient (Wildman–Crippen LogP) is 4.57. The van der Waals surface area contributed by atoms with Crippen molar-refractivity contribution in [3.05, 3.63) is 51.8 Å². The summed E-state index contributed by atoms with van der Waals surface area (Å²) in [6.07, 6.45) is -2.56. The first-order valence-corrected chi connectivity index (χ1v) is 11.3. The number of hydrogen-bond donors (Lipinski definition) is 0. The van der Waals surface area contributed by atoms with E-state index >= 15 is 0 Å². The molecule has 1 aliphatic rings. The number of nitrogens with zero attached hydrogens (tertiary/aromatic N) is 4. The molecule has 0 unspecified atom stereocenters. The van der Waals surface area contributed by atoms with Gasteiger partial charge >= 0.3 is 6.18 Å². The van der Waals surface area contributed by atoms with Crippen LogP contribution in [0, 0.1) is 0 Å². The van der Waals surface area contributed by atoms with Gasteiger partial charge in [0.15, 0.2) is 0 Å². The normalized spacial score (nSPS) is 15.3. The van der Waals surface area contributed by atoms with Gasteiger partial charge in [-0.05, 0) is 30.0 Å². The van der Waals surface area contributed by atoms with Crippen LogP contribution in [0.1, 0.15) is 17.7 Å². The van der Waals surface area contributed by atoms with Crippen LogP contribution >= 0.6 is 22.7 Å². The second kappa shape index (κ2) is 8.73. The molecular weight excluding hydrogens is 433 g/mol. The molecule has 1 amide bonds. The van der Waals surface area contributed by atoms with Crippen LogP contribution in [0.25, 0.3) is 10.6 Å². The number of anilines is 1. The summed E-state index contributed by atoms with van der Waals surface area (Å²) in [6.45, 7) is 2.28. The van der Waals surface area contributed by atoms with Gasteiger partial charge in [-0.25, -0.2) is 9.97 Å². The Hall–Kier alpha value is -2.46. The molecule has 0 aliphatic carbocycles. The van der Waals surface area contributed by atoms with E-state index in [1.165, 1.54) is 17.4 Å². The number of rotatable bonds is 4. The Balaban J connectivity index is 1.35. The first-order chi connectivity index (χ1) is 14.4. The van der Waals surface area contributed by atoms with Crippen LogP contribution in [0.2, 0.25) is 0 Å². The van der Waals surface area contributed by atoms with E-state index in [2.05, 4.69) is 9.97 Å². The van der Waals surface area contributed by atoms with Gasteiger partial charge in [-0.1, -0.05) is 0 Å². The summed E-state index contributed by atoms with van der Waals surface area (Å²) in [4.78, 5) is 25.0. The number of halogens is 3. The first kappa shape index (κ1) is 20.8. The van der Waals surface area contributed by atoms with Crippen LogP contribution in [0.4, 0.5) is 19.0 Å². The molecule has 5 nitrogen and oxygen atoms in total. The molecule has 3 aromatic heterocycles. The highest BCUT2D eigenvalue weighted by Gasteiger charge is 2.31. The zero-order valence-electron chi connectivity index (χ0n) is 15.9. The van der Waals surface area contributed by atoms with Gasteiger partial charge in [0.25, 0.3) is 0 Å². The molecule has 1 aliphatic heterocycles. The third-order valence-electron chi connectivity index (χ3n) is 4.90. The second-order valence-electron chi connectivity index (χ2n) is 6.96. The Kier molecular flexibility index (Phi) is 6.05. The van der Waals surface area contributed by atoms with E-state index in [9.17, 15) is 18.0 Å². The summed E-state index contributed by atoms with van der Waals surface area (Å²) in [5.41, 5.74) is 1.07. The first-order valence-electron chi connectivity index (χ1n) is 9.43. The van der Waals surface area contributed by atoms with E-state index in [4.69, 9.17) is 0 Å². The smallest absolute Gasteiger partial charge is 0.355 e. The van der Waals surface area contributed by atoms with Gasteiger partial charge in [0.1, 0.15) is 10.8 Å². The van der Waals surface area contributed by atoms with Crippen molar-refractivity contribution in [2.45, 2.75) is 19.0 Å². The number of carbonyl (C=O) groups excluding carboxylic acids is 1. The van der Waals surface area contributed by atoms with E-state index < -0.39 is 11.7 Å². The number of thiophene rings is 1. The summed E-state index contributed by atoms with van der Waals surface area (Å²) in [5, 5.41) is 6.86. The van der Waals surface area contributed by atoms with Gasteiger partial charge in [-0.15, -0.1) is 11.3 Å². The SMILES string of the molecule is O=C(Cc1csc(-c2ccsc2)n1)N1CCCN(c2ccc(C(F)(F)F)cn2)CC1. The highest BCUT2D eigenvalue weighted by atomic mass is 32.1. The average Bonchev–Trinajstić information content (AvgIpc) is 3.34. The second-order valence-corrected chi connectivity index (χ2v) is 8.60. The molecule has 0 atom stereocenters. The van der Waals surface area contributed by atoms with Crippen molar-refractivity contribution >= 4 is 34.4 Å². The summed E-state index contributed by atoms with van der Waals surface area (Å²) >= 11 is 3.14. The molecule has 30 heavy (non-hydrogen) atoms. The summed E-state index contributed by atoms with van der Waals surface area (Å²) < 4.78 is 38.2. The lowest BCUT2D eigenvalue weighted by atomic mass is 10.2. The van der Waals surface area contributed by atoms with E-state index in [1.54, 1.807) is 16.2 Å². The van der Waals surface area contributed by atoms with Crippen molar-refractivity contribution in [1.82, 2.24) is 14.9 Å². The number of pyridine rings is 1. The van der Waals surface area contributed by atoms with E-state index in [1.807, 2.05) is 27.1 Å². The van der Waals surface area contributed by atoms with Crippen molar-refractivity contribution in [3.8, 4) is 10.6 Å². The van der Waals surface area contributed by atoms with E-state index in [-0.39, 0.29) is 12.3 Å². The van der Waals surface area contributed by atoms with Gasteiger partial charge < -0.3 is 9.80 Å². The lowest BCUT2D eigenvalue weighted by molar-refractivity contribution is -0.137. The zero-order valence-corrected chi connectivity index (χ0v) is 17.6. The third-order valence-corrected chi connectivity index (χ3v) is 6.52. The number of amides is 1. The number of thiazole rings is 1. The third kappa shape index (κ3) is 4.81. The fourth-order valence-corrected chi connectivity index (χ4v) is 4.84. The molecule has 0 saturated carbocycles. The summed E-state index contributed by atoms with van der Waals surface area (Å²) in [6, 6.07) is 4.44. The van der Waals surface area contributed by atoms with Gasteiger partial charge in [-0.2, -0.15) is 24.5 Å². The Bertz CT molecular complexity index is 986. The fraction of sp³-hybridized carbons (Fsp3) is 0.350. The maximum absolute atomic E-state index is 12.7. The highest BCUT2D eigenvalue weighted by Crippen LogP contribution is 2.29. The lowest BCUT2D eigenvalue weighted by Gasteiger charge is -2.23. The summed E-state index contributed by atoms with van der Waals surface area (Å²) in [5.74, 6) is 0.511. The van der Waals surface area contributed by atoms with Gasteiger partial charge in [0.2, 0.25) is 5.91 Å². The number of carbonyl (C=O) groups is 1. The molecule has 0 aromatic carbocycles. The molecule has 0 spiro atoms. The Morgan fingerprint density at radius 1 is 1.10 bits per heavy atom. The zero-order chi connectivity index (χ0) is 21.1. The minimum Gasteiger partial charge on any atom is -0.355 e. The minimum absolute atomic E-state index is 0.0133. The van der Waals surface area contributed by atoms with Gasteiger partial charge in [-0.3, -0.25) is 4.79 Å².